The number of aliphatic carboxylic acids is 1. The third-order valence-corrected chi connectivity index (χ3v) is 2.12. The van der Waals surface area contributed by atoms with Gasteiger partial charge in [-0.05, 0) is 6.08 Å². The smallest absolute Gasteiger partial charge is 0.313 e. The number of carboxylic acid groups (broad SMARTS) is 1. The highest BCUT2D eigenvalue weighted by Gasteiger charge is 2.34. The number of carbonyl (C=O) groups is 1. The van der Waals surface area contributed by atoms with E-state index in [9.17, 15) is 4.79 Å². The molecule has 1 aliphatic carbocycles. The minimum Gasteiger partial charge on any atom is -0.493 e. The first-order valence-corrected chi connectivity index (χ1v) is 4.14. The van der Waals surface area contributed by atoms with Gasteiger partial charge in [-0.15, -0.1) is 0 Å². The van der Waals surface area contributed by atoms with Gasteiger partial charge < -0.3 is 14.6 Å². The quantitative estimate of drug-likeness (QED) is 0.643. The Morgan fingerprint density at radius 1 is 1.54 bits per heavy atom. The van der Waals surface area contributed by atoms with E-state index in [-0.39, 0.29) is 0 Å². The first kappa shape index (κ1) is 8.31. The topological polar surface area (TPSA) is 55.8 Å². The van der Waals surface area contributed by atoms with Gasteiger partial charge in [0, 0.05) is 0 Å². The van der Waals surface area contributed by atoms with Crippen LogP contribution < -0.4 is 0 Å². The van der Waals surface area contributed by atoms with Crippen molar-refractivity contribution in [3.8, 4) is 0 Å². The molecule has 0 amide bonds. The van der Waals surface area contributed by atoms with Crippen LogP contribution >= 0.6 is 0 Å². The number of carboxylic acids is 1. The second-order valence-electron chi connectivity index (χ2n) is 2.96. The van der Waals surface area contributed by atoms with Gasteiger partial charge in [0.05, 0.1) is 6.61 Å². The van der Waals surface area contributed by atoms with Crippen LogP contribution in [0.4, 0.5) is 0 Å². The van der Waals surface area contributed by atoms with Crippen LogP contribution in [0, 0.1) is 5.92 Å². The molecule has 2 unspecified atom stereocenters. The lowest BCUT2D eigenvalue weighted by molar-refractivity contribution is -0.148. The summed E-state index contributed by atoms with van der Waals surface area (Å²) in [5, 5.41) is 8.86. The Morgan fingerprint density at radius 3 is 3.15 bits per heavy atom. The molecule has 1 N–H and O–H groups in total. The molecule has 1 fully saturated rings. The Morgan fingerprint density at radius 2 is 2.38 bits per heavy atom. The van der Waals surface area contributed by atoms with Gasteiger partial charge >= 0.3 is 5.97 Å². The highest BCUT2D eigenvalue weighted by molar-refractivity contribution is 5.74. The van der Waals surface area contributed by atoms with Gasteiger partial charge in [-0.2, -0.15) is 0 Å². The lowest BCUT2D eigenvalue weighted by Crippen LogP contribution is -2.37. The zero-order chi connectivity index (χ0) is 9.26. The molecule has 2 rings (SSSR count). The molecule has 1 aliphatic heterocycles. The maximum Gasteiger partial charge on any atom is 0.313 e. The van der Waals surface area contributed by atoms with Gasteiger partial charge in [-0.1, -0.05) is 12.2 Å². The van der Waals surface area contributed by atoms with E-state index in [1.165, 1.54) is 0 Å². The van der Waals surface area contributed by atoms with Crippen LogP contribution in [-0.4, -0.2) is 30.4 Å². The van der Waals surface area contributed by atoms with Gasteiger partial charge in [0.25, 0.3) is 0 Å². The van der Waals surface area contributed by atoms with Crippen molar-refractivity contribution >= 4 is 5.97 Å². The lowest BCUT2D eigenvalue weighted by atomic mass is 9.95. The van der Waals surface area contributed by atoms with Crippen molar-refractivity contribution in [2.24, 2.45) is 5.92 Å². The Labute approximate surface area is 75.5 Å². The molecule has 0 saturated carbocycles. The monoisotopic (exact) mass is 182 g/mol. The molecule has 0 aromatic carbocycles. The molecule has 0 aromatic rings. The number of rotatable bonds is 1. The molecule has 1 saturated heterocycles. The molecule has 13 heavy (non-hydrogen) atoms. The molecule has 0 radical (unpaired) electrons. The molecule has 2 atom stereocenters. The predicted molar refractivity (Wildman–Crippen MR) is 44.0 cm³/mol. The van der Waals surface area contributed by atoms with E-state index in [4.69, 9.17) is 14.6 Å². The molecule has 4 heteroatoms. The normalized spacial score (nSPS) is 31.5. The van der Waals surface area contributed by atoms with Crippen LogP contribution in [0.25, 0.3) is 0 Å². The van der Waals surface area contributed by atoms with Crippen LogP contribution in [0.2, 0.25) is 0 Å². The van der Waals surface area contributed by atoms with Gasteiger partial charge in [-0.25, -0.2) is 0 Å². The average molecular weight is 182 g/mol. The Kier molecular flexibility index (Phi) is 2.06. The van der Waals surface area contributed by atoms with E-state index in [0.29, 0.717) is 19.0 Å². The van der Waals surface area contributed by atoms with E-state index in [1.807, 2.05) is 0 Å². The Bertz CT molecular complexity index is 279. The zero-order valence-corrected chi connectivity index (χ0v) is 6.97. The molecule has 0 spiro atoms. The highest BCUT2D eigenvalue weighted by Crippen LogP contribution is 2.26. The zero-order valence-electron chi connectivity index (χ0n) is 6.97. The molecular weight excluding hydrogens is 172 g/mol. The molecule has 4 nitrogen and oxygen atoms in total. The second kappa shape index (κ2) is 3.22. The van der Waals surface area contributed by atoms with Crippen LogP contribution in [0.3, 0.4) is 0 Å². The van der Waals surface area contributed by atoms with E-state index in [1.54, 1.807) is 18.2 Å². The van der Waals surface area contributed by atoms with E-state index in [2.05, 4.69) is 0 Å². The standard InChI is InChI=1S/C9H10O4/c10-9(11)6-2-1-3-7-8(6)13-5-4-12-7/h1-3,6,8H,4-5H2,(H,10,11). The first-order chi connectivity index (χ1) is 6.29. The van der Waals surface area contributed by atoms with Crippen molar-refractivity contribution in [3.63, 3.8) is 0 Å². The predicted octanol–water partition coefficient (Wildman–Crippen LogP) is 0.556. The molecule has 1 heterocycles. The fraction of sp³-hybridized carbons (Fsp3) is 0.444. The Hall–Kier alpha value is -1.29. The summed E-state index contributed by atoms with van der Waals surface area (Å²) < 4.78 is 10.6. The third-order valence-electron chi connectivity index (χ3n) is 2.12. The minimum absolute atomic E-state index is 0.434. The summed E-state index contributed by atoms with van der Waals surface area (Å²) in [6, 6.07) is 0. The fourth-order valence-electron chi connectivity index (χ4n) is 1.51. The van der Waals surface area contributed by atoms with Crippen molar-refractivity contribution in [2.75, 3.05) is 13.2 Å². The molecule has 0 bridgehead atoms. The fourth-order valence-corrected chi connectivity index (χ4v) is 1.51. The minimum atomic E-state index is -0.877. The number of hydrogen-bond acceptors (Lipinski definition) is 3. The SMILES string of the molecule is O=C(O)C1C=CC=C2OCCOC21. The number of ether oxygens (including phenoxy) is 2. The largest absolute Gasteiger partial charge is 0.493 e. The van der Waals surface area contributed by atoms with Crippen molar-refractivity contribution in [1.82, 2.24) is 0 Å². The lowest BCUT2D eigenvalue weighted by Gasteiger charge is -2.30. The van der Waals surface area contributed by atoms with Crippen molar-refractivity contribution < 1.29 is 19.4 Å². The molecule has 0 aromatic heterocycles. The number of hydrogen-bond donors (Lipinski definition) is 1. The molecule has 2 aliphatic rings. The van der Waals surface area contributed by atoms with Crippen LogP contribution in [0.5, 0.6) is 0 Å². The summed E-state index contributed by atoms with van der Waals surface area (Å²) in [7, 11) is 0. The summed E-state index contributed by atoms with van der Waals surface area (Å²) in [5.74, 6) is -0.862. The van der Waals surface area contributed by atoms with E-state index >= 15 is 0 Å². The summed E-state index contributed by atoms with van der Waals surface area (Å²) in [4.78, 5) is 10.8. The van der Waals surface area contributed by atoms with Crippen LogP contribution in [0.15, 0.2) is 24.0 Å². The average Bonchev–Trinajstić information content (AvgIpc) is 2.17. The van der Waals surface area contributed by atoms with E-state index < -0.39 is 18.0 Å². The maximum atomic E-state index is 10.8. The molecular formula is C9H10O4. The van der Waals surface area contributed by atoms with Crippen molar-refractivity contribution in [1.29, 1.82) is 0 Å². The summed E-state index contributed by atoms with van der Waals surface area (Å²) in [6.45, 7) is 0.960. The molecule has 70 valence electrons. The van der Waals surface area contributed by atoms with Gasteiger partial charge in [0.15, 0.2) is 0 Å². The first-order valence-electron chi connectivity index (χ1n) is 4.14. The highest BCUT2D eigenvalue weighted by atomic mass is 16.6. The Balaban J connectivity index is 2.21. The van der Waals surface area contributed by atoms with Gasteiger partial charge in [0.1, 0.15) is 24.4 Å². The van der Waals surface area contributed by atoms with E-state index in [0.717, 1.165) is 0 Å². The third kappa shape index (κ3) is 1.45. The van der Waals surface area contributed by atoms with Crippen LogP contribution in [-0.2, 0) is 14.3 Å². The van der Waals surface area contributed by atoms with Gasteiger partial charge in [-0.3, -0.25) is 4.79 Å². The van der Waals surface area contributed by atoms with Crippen molar-refractivity contribution in [3.05, 3.63) is 24.0 Å². The number of allylic oxidation sites excluding steroid dienone is 2. The van der Waals surface area contributed by atoms with Crippen LogP contribution in [0.1, 0.15) is 0 Å². The maximum absolute atomic E-state index is 10.8. The summed E-state index contributed by atoms with van der Waals surface area (Å²) in [5.41, 5.74) is 0. The number of fused-ring (bicyclic) bond motifs is 1. The van der Waals surface area contributed by atoms with Gasteiger partial charge in [0.2, 0.25) is 0 Å². The summed E-state index contributed by atoms with van der Waals surface area (Å²) in [6.07, 6.45) is 4.63. The summed E-state index contributed by atoms with van der Waals surface area (Å²) >= 11 is 0. The van der Waals surface area contributed by atoms with Crippen molar-refractivity contribution in [2.45, 2.75) is 6.10 Å². The second-order valence-corrected chi connectivity index (χ2v) is 2.96.